The van der Waals surface area contributed by atoms with Crippen molar-refractivity contribution in [2.75, 3.05) is 26.2 Å². The Morgan fingerprint density at radius 3 is 2.67 bits per heavy atom. The molecule has 1 unspecified atom stereocenters. The Hall–Kier alpha value is -0.340. The van der Waals surface area contributed by atoms with Crippen LogP contribution in [0.2, 0.25) is 0 Å². The van der Waals surface area contributed by atoms with Gasteiger partial charge >= 0.3 is 0 Å². The second-order valence-corrected chi connectivity index (χ2v) is 7.64. The number of rotatable bonds is 6. The summed E-state index contributed by atoms with van der Waals surface area (Å²) in [5, 5.41) is 11.4. The van der Waals surface area contributed by atoms with Gasteiger partial charge in [-0.3, -0.25) is 4.99 Å². The molecule has 0 bridgehead atoms. The minimum Gasteiger partial charge on any atom is -0.357 e. The molecular formula is C18H31IN4S. The summed E-state index contributed by atoms with van der Waals surface area (Å²) in [4.78, 5) is 7.48. The SMILES string of the molecule is CCNC(=NCC(C)c1ccsc1)NC1CCN(C2CC2)CC1.I. The van der Waals surface area contributed by atoms with E-state index in [1.165, 1.54) is 44.3 Å². The Bertz CT molecular complexity index is 493. The number of nitrogens with one attached hydrogen (secondary N) is 2. The van der Waals surface area contributed by atoms with Crippen molar-refractivity contribution in [2.24, 2.45) is 4.99 Å². The van der Waals surface area contributed by atoms with Gasteiger partial charge in [-0.2, -0.15) is 11.3 Å². The van der Waals surface area contributed by atoms with Crippen molar-refractivity contribution in [3.63, 3.8) is 0 Å². The molecule has 1 saturated heterocycles. The second-order valence-electron chi connectivity index (χ2n) is 6.86. The molecule has 0 aromatic carbocycles. The Kier molecular flexibility index (Phi) is 8.30. The lowest BCUT2D eigenvalue weighted by Crippen LogP contribution is -2.49. The van der Waals surface area contributed by atoms with E-state index in [2.05, 4.69) is 46.2 Å². The van der Waals surface area contributed by atoms with Gasteiger partial charge in [-0.1, -0.05) is 6.92 Å². The molecule has 1 aromatic rings. The highest BCUT2D eigenvalue weighted by atomic mass is 127. The van der Waals surface area contributed by atoms with E-state index in [1.54, 1.807) is 11.3 Å². The van der Waals surface area contributed by atoms with Gasteiger partial charge in [-0.05, 0) is 55.0 Å². The first-order chi connectivity index (χ1) is 11.3. The van der Waals surface area contributed by atoms with Gasteiger partial charge in [0, 0.05) is 44.2 Å². The number of hydrogen-bond donors (Lipinski definition) is 2. The summed E-state index contributed by atoms with van der Waals surface area (Å²) in [7, 11) is 0. The summed E-state index contributed by atoms with van der Waals surface area (Å²) in [6.07, 6.45) is 5.31. The predicted molar refractivity (Wildman–Crippen MR) is 115 cm³/mol. The Labute approximate surface area is 167 Å². The van der Waals surface area contributed by atoms with Crippen LogP contribution in [0.3, 0.4) is 0 Å². The van der Waals surface area contributed by atoms with Crippen LogP contribution in [0, 0.1) is 0 Å². The molecule has 1 aliphatic carbocycles. The Morgan fingerprint density at radius 2 is 2.08 bits per heavy atom. The van der Waals surface area contributed by atoms with Crippen molar-refractivity contribution >= 4 is 41.3 Å². The number of halogens is 1. The zero-order chi connectivity index (χ0) is 16.1. The fraction of sp³-hybridized carbons (Fsp3) is 0.722. The molecule has 1 atom stereocenters. The van der Waals surface area contributed by atoms with Crippen LogP contribution in [0.4, 0.5) is 0 Å². The number of guanidine groups is 1. The minimum atomic E-state index is 0. The van der Waals surface area contributed by atoms with E-state index in [0.717, 1.165) is 25.1 Å². The maximum absolute atomic E-state index is 4.82. The number of nitrogens with zero attached hydrogens (tertiary/aromatic N) is 2. The second kappa shape index (κ2) is 9.97. The molecule has 2 heterocycles. The fourth-order valence-electron chi connectivity index (χ4n) is 3.25. The molecule has 1 saturated carbocycles. The highest BCUT2D eigenvalue weighted by molar-refractivity contribution is 14.0. The van der Waals surface area contributed by atoms with E-state index in [9.17, 15) is 0 Å². The fourth-order valence-corrected chi connectivity index (χ4v) is 4.03. The van der Waals surface area contributed by atoms with Gasteiger partial charge in [0.2, 0.25) is 0 Å². The lowest BCUT2D eigenvalue weighted by molar-refractivity contribution is 0.197. The van der Waals surface area contributed by atoms with Gasteiger partial charge in [-0.15, -0.1) is 24.0 Å². The van der Waals surface area contributed by atoms with E-state index in [-0.39, 0.29) is 24.0 Å². The molecule has 3 rings (SSSR count). The molecule has 24 heavy (non-hydrogen) atoms. The van der Waals surface area contributed by atoms with E-state index in [4.69, 9.17) is 4.99 Å². The molecule has 4 nitrogen and oxygen atoms in total. The molecule has 1 aliphatic heterocycles. The summed E-state index contributed by atoms with van der Waals surface area (Å²) in [6, 6.07) is 3.68. The van der Waals surface area contributed by atoms with Crippen molar-refractivity contribution in [3.8, 4) is 0 Å². The highest BCUT2D eigenvalue weighted by Crippen LogP contribution is 2.29. The number of likely N-dealkylation sites (tertiary alicyclic amines) is 1. The summed E-state index contributed by atoms with van der Waals surface area (Å²) in [5.74, 6) is 1.47. The maximum atomic E-state index is 4.82. The third kappa shape index (κ3) is 5.88. The first kappa shape index (κ1) is 20.0. The average Bonchev–Trinajstić information content (AvgIpc) is 3.27. The zero-order valence-corrected chi connectivity index (χ0v) is 18.0. The van der Waals surface area contributed by atoms with E-state index in [1.807, 2.05) is 0 Å². The third-order valence-corrected chi connectivity index (χ3v) is 5.61. The van der Waals surface area contributed by atoms with Crippen LogP contribution < -0.4 is 10.6 Å². The van der Waals surface area contributed by atoms with Gasteiger partial charge in [0.1, 0.15) is 0 Å². The van der Waals surface area contributed by atoms with Crippen molar-refractivity contribution in [3.05, 3.63) is 22.4 Å². The molecule has 1 aromatic heterocycles. The van der Waals surface area contributed by atoms with Crippen molar-refractivity contribution in [2.45, 2.75) is 57.5 Å². The van der Waals surface area contributed by atoms with Gasteiger partial charge in [0.25, 0.3) is 0 Å². The van der Waals surface area contributed by atoms with Gasteiger partial charge in [0.05, 0.1) is 0 Å². The van der Waals surface area contributed by atoms with E-state index in [0.29, 0.717) is 12.0 Å². The molecule has 0 spiro atoms. The first-order valence-corrected chi connectivity index (χ1v) is 10.0. The largest absolute Gasteiger partial charge is 0.357 e. The van der Waals surface area contributed by atoms with E-state index >= 15 is 0 Å². The molecule has 2 aliphatic rings. The van der Waals surface area contributed by atoms with Crippen molar-refractivity contribution in [1.29, 1.82) is 0 Å². The summed E-state index contributed by atoms with van der Waals surface area (Å²) in [5.41, 5.74) is 1.40. The highest BCUT2D eigenvalue weighted by Gasteiger charge is 2.31. The minimum absolute atomic E-state index is 0. The lowest BCUT2D eigenvalue weighted by Gasteiger charge is -2.33. The predicted octanol–water partition coefficient (Wildman–Crippen LogP) is 3.65. The topological polar surface area (TPSA) is 39.7 Å². The molecule has 136 valence electrons. The number of hydrogen-bond acceptors (Lipinski definition) is 3. The van der Waals surface area contributed by atoms with E-state index < -0.39 is 0 Å². The number of thiophene rings is 1. The van der Waals surface area contributed by atoms with Crippen LogP contribution in [0.5, 0.6) is 0 Å². The Morgan fingerprint density at radius 1 is 1.33 bits per heavy atom. The van der Waals surface area contributed by atoms with Crippen molar-refractivity contribution in [1.82, 2.24) is 15.5 Å². The quantitative estimate of drug-likeness (QED) is 0.385. The van der Waals surface area contributed by atoms with Gasteiger partial charge in [-0.25, -0.2) is 0 Å². The molecular weight excluding hydrogens is 431 g/mol. The van der Waals surface area contributed by atoms with Crippen LogP contribution in [-0.2, 0) is 0 Å². The summed E-state index contributed by atoms with van der Waals surface area (Å²) >= 11 is 1.76. The molecule has 0 amide bonds. The molecule has 0 radical (unpaired) electrons. The molecule has 2 fully saturated rings. The van der Waals surface area contributed by atoms with Crippen LogP contribution in [-0.4, -0.2) is 49.1 Å². The smallest absolute Gasteiger partial charge is 0.191 e. The van der Waals surface area contributed by atoms with Crippen LogP contribution in [0.25, 0.3) is 0 Å². The van der Waals surface area contributed by atoms with Crippen LogP contribution in [0.15, 0.2) is 21.8 Å². The normalized spacial score (nSPS) is 21.2. The molecule has 6 heteroatoms. The average molecular weight is 462 g/mol. The van der Waals surface area contributed by atoms with Crippen LogP contribution >= 0.6 is 35.3 Å². The molecule has 2 N–H and O–H groups in total. The van der Waals surface area contributed by atoms with Gasteiger partial charge < -0.3 is 15.5 Å². The standard InChI is InChI=1S/C18H30N4S.HI/c1-3-19-18(20-12-14(2)15-8-11-23-13-15)21-16-6-9-22(10-7-16)17-4-5-17;/h8,11,13-14,16-17H,3-7,9-10,12H2,1-2H3,(H2,19,20,21);1H. The lowest BCUT2D eigenvalue weighted by atomic mass is 10.0. The number of piperidine rings is 1. The number of aliphatic imine (C=N–C) groups is 1. The van der Waals surface area contributed by atoms with Crippen molar-refractivity contribution < 1.29 is 0 Å². The van der Waals surface area contributed by atoms with Crippen LogP contribution in [0.1, 0.15) is 51.0 Å². The summed E-state index contributed by atoms with van der Waals surface area (Å²) < 4.78 is 0. The summed E-state index contributed by atoms with van der Waals surface area (Å²) in [6.45, 7) is 8.63. The zero-order valence-electron chi connectivity index (χ0n) is 14.8. The first-order valence-electron chi connectivity index (χ1n) is 9.07. The van der Waals surface area contributed by atoms with Gasteiger partial charge in [0.15, 0.2) is 5.96 Å². The monoisotopic (exact) mass is 462 g/mol. The third-order valence-electron chi connectivity index (χ3n) is 4.91. The Balaban J connectivity index is 0.00000208. The maximum Gasteiger partial charge on any atom is 0.191 e.